The molecule has 1 aromatic rings. The minimum absolute atomic E-state index is 0.373. The van der Waals surface area contributed by atoms with Crippen LogP contribution in [0.5, 0.6) is 0 Å². The fraction of sp³-hybridized carbons (Fsp3) is 0.276. The Hall–Kier alpha value is -2.93. The number of aryl methyl sites for hydroxylation is 1. The van der Waals surface area contributed by atoms with E-state index >= 15 is 0 Å². The highest BCUT2D eigenvalue weighted by Gasteiger charge is 2.31. The van der Waals surface area contributed by atoms with E-state index in [9.17, 15) is 0 Å². The van der Waals surface area contributed by atoms with Crippen molar-refractivity contribution in [1.29, 1.82) is 0 Å². The van der Waals surface area contributed by atoms with E-state index in [4.69, 9.17) is 4.99 Å². The molecular formula is C29H35N. The Morgan fingerprint density at radius 2 is 1.90 bits per heavy atom. The van der Waals surface area contributed by atoms with Gasteiger partial charge in [0.2, 0.25) is 0 Å². The molecule has 30 heavy (non-hydrogen) atoms. The standard InChI is InChI=1S/C29H35N/c1-5-7-9-11-12-17-23-30-29(21-15-10-8-6-2)22-16-13-14-18-26(4)27-20-19-25(3)24-28(27)29/h6,8-20,23-24H,4-5,7,21-22H2,1-3H3/b8-6-,11-9+,15-10+,16-13-,17-12-,18-14-,30-23?. The van der Waals surface area contributed by atoms with Gasteiger partial charge in [0.05, 0.1) is 5.54 Å². The van der Waals surface area contributed by atoms with Crippen LogP contribution in [0, 0.1) is 6.92 Å². The van der Waals surface area contributed by atoms with Crippen LogP contribution in [-0.4, -0.2) is 6.21 Å². The van der Waals surface area contributed by atoms with Crippen molar-refractivity contribution in [2.45, 2.75) is 52.0 Å². The van der Waals surface area contributed by atoms with Crippen LogP contribution in [0.15, 0.2) is 103 Å². The van der Waals surface area contributed by atoms with Crippen LogP contribution in [0.1, 0.15) is 56.2 Å². The van der Waals surface area contributed by atoms with Gasteiger partial charge in [0, 0.05) is 6.21 Å². The van der Waals surface area contributed by atoms with Gasteiger partial charge in [0.1, 0.15) is 0 Å². The summed E-state index contributed by atoms with van der Waals surface area (Å²) in [6, 6.07) is 6.62. The molecule has 1 aliphatic rings. The van der Waals surface area contributed by atoms with Gasteiger partial charge in [-0.3, -0.25) is 4.99 Å². The molecule has 1 aliphatic carbocycles. The van der Waals surface area contributed by atoms with E-state index in [-0.39, 0.29) is 5.54 Å². The lowest BCUT2D eigenvalue weighted by Crippen LogP contribution is -2.24. The van der Waals surface area contributed by atoms with Gasteiger partial charge in [-0.15, -0.1) is 0 Å². The highest BCUT2D eigenvalue weighted by atomic mass is 14.9. The molecule has 0 aromatic heterocycles. The molecule has 0 saturated heterocycles. The van der Waals surface area contributed by atoms with E-state index in [1.807, 2.05) is 25.3 Å². The van der Waals surface area contributed by atoms with Gasteiger partial charge in [-0.1, -0.05) is 111 Å². The molecule has 0 N–H and O–H groups in total. The van der Waals surface area contributed by atoms with Gasteiger partial charge < -0.3 is 0 Å². The number of fused-ring (bicyclic) bond motifs is 1. The molecule has 156 valence electrons. The van der Waals surface area contributed by atoms with Crippen LogP contribution < -0.4 is 0 Å². The molecule has 0 saturated carbocycles. The third-order valence-corrected chi connectivity index (χ3v) is 5.14. The Kier molecular flexibility index (Phi) is 9.80. The van der Waals surface area contributed by atoms with Gasteiger partial charge in [-0.25, -0.2) is 0 Å². The zero-order chi connectivity index (χ0) is 21.7. The van der Waals surface area contributed by atoms with Crippen molar-refractivity contribution in [2.75, 3.05) is 0 Å². The summed E-state index contributed by atoms with van der Waals surface area (Å²) in [6.45, 7) is 10.7. The molecule has 0 aliphatic heterocycles. The maximum Gasteiger partial charge on any atom is 0.0931 e. The first-order chi connectivity index (χ1) is 14.6. The predicted molar refractivity (Wildman–Crippen MR) is 135 cm³/mol. The molecule has 1 atom stereocenters. The summed E-state index contributed by atoms with van der Waals surface area (Å²) in [4.78, 5) is 5.15. The topological polar surface area (TPSA) is 12.4 Å². The molecule has 1 nitrogen and oxygen atoms in total. The second kappa shape index (κ2) is 12.6. The van der Waals surface area contributed by atoms with E-state index < -0.39 is 0 Å². The highest BCUT2D eigenvalue weighted by molar-refractivity contribution is 5.77. The minimum atomic E-state index is -0.373. The number of unbranched alkanes of at least 4 members (excludes halogenated alkanes) is 1. The van der Waals surface area contributed by atoms with Gasteiger partial charge in [0.25, 0.3) is 0 Å². The summed E-state index contributed by atoms with van der Waals surface area (Å²) in [5.41, 5.74) is 4.29. The lowest BCUT2D eigenvalue weighted by Gasteiger charge is -2.31. The maximum absolute atomic E-state index is 5.15. The Morgan fingerprint density at radius 1 is 1.07 bits per heavy atom. The average molecular weight is 398 g/mol. The Morgan fingerprint density at radius 3 is 2.70 bits per heavy atom. The first kappa shape index (κ1) is 23.3. The van der Waals surface area contributed by atoms with E-state index in [0.717, 1.165) is 24.8 Å². The van der Waals surface area contributed by atoms with Crippen molar-refractivity contribution < 1.29 is 0 Å². The Balaban J connectivity index is 2.53. The van der Waals surface area contributed by atoms with Crippen molar-refractivity contribution in [3.63, 3.8) is 0 Å². The largest absolute Gasteiger partial charge is 0.281 e. The summed E-state index contributed by atoms with van der Waals surface area (Å²) in [5.74, 6) is 0. The number of allylic oxidation sites excluding steroid dienone is 11. The van der Waals surface area contributed by atoms with Crippen LogP contribution in [-0.2, 0) is 5.54 Å². The molecule has 0 bridgehead atoms. The van der Waals surface area contributed by atoms with Gasteiger partial charge in [0.15, 0.2) is 0 Å². The second-order valence-corrected chi connectivity index (χ2v) is 7.64. The Bertz CT molecular complexity index is 902. The number of rotatable bonds is 8. The molecule has 0 radical (unpaired) electrons. The molecule has 0 heterocycles. The van der Waals surface area contributed by atoms with Crippen molar-refractivity contribution in [2.24, 2.45) is 4.99 Å². The summed E-state index contributed by atoms with van der Waals surface area (Å²) in [7, 11) is 0. The van der Waals surface area contributed by atoms with Gasteiger partial charge >= 0.3 is 0 Å². The van der Waals surface area contributed by atoms with Gasteiger partial charge in [-0.05, 0) is 55.9 Å². The van der Waals surface area contributed by atoms with Crippen molar-refractivity contribution in [3.05, 3.63) is 114 Å². The van der Waals surface area contributed by atoms with E-state index in [0.29, 0.717) is 0 Å². The summed E-state index contributed by atoms with van der Waals surface area (Å²) in [5, 5.41) is 0. The van der Waals surface area contributed by atoms with E-state index in [1.165, 1.54) is 23.1 Å². The number of hydrogen-bond donors (Lipinski definition) is 0. The van der Waals surface area contributed by atoms with Crippen LogP contribution >= 0.6 is 0 Å². The Labute approximate surface area is 183 Å². The monoisotopic (exact) mass is 397 g/mol. The maximum atomic E-state index is 5.15. The summed E-state index contributed by atoms with van der Waals surface area (Å²) in [6.07, 6.45) is 31.2. The minimum Gasteiger partial charge on any atom is -0.281 e. The third kappa shape index (κ3) is 6.84. The second-order valence-electron chi connectivity index (χ2n) is 7.64. The molecule has 1 unspecified atom stereocenters. The number of aliphatic imine (C=N–C) groups is 1. The molecule has 0 amide bonds. The number of benzene rings is 1. The SMILES string of the molecule is C=C1/C=C\C=C/CC(C/C=C/C=C\C)(N=C/C=C\C=C\CCC)c2cc(C)ccc21. The van der Waals surface area contributed by atoms with Crippen molar-refractivity contribution in [1.82, 2.24) is 0 Å². The van der Waals surface area contributed by atoms with E-state index in [2.05, 4.69) is 99.4 Å². The fourth-order valence-corrected chi connectivity index (χ4v) is 3.50. The van der Waals surface area contributed by atoms with E-state index in [1.54, 1.807) is 0 Å². The van der Waals surface area contributed by atoms with Crippen LogP contribution in [0.25, 0.3) is 5.57 Å². The first-order valence-corrected chi connectivity index (χ1v) is 10.9. The molecule has 1 heteroatoms. The zero-order valence-electron chi connectivity index (χ0n) is 18.7. The average Bonchev–Trinajstić information content (AvgIpc) is 2.80. The van der Waals surface area contributed by atoms with Crippen LogP contribution in [0.4, 0.5) is 0 Å². The number of hydrogen-bond acceptors (Lipinski definition) is 1. The molecule has 2 rings (SSSR count). The van der Waals surface area contributed by atoms with Gasteiger partial charge in [-0.2, -0.15) is 0 Å². The molecule has 0 fully saturated rings. The molecule has 1 aromatic carbocycles. The van der Waals surface area contributed by atoms with Crippen LogP contribution in [0.3, 0.4) is 0 Å². The quantitative estimate of drug-likeness (QED) is 0.309. The molecular weight excluding hydrogens is 362 g/mol. The fourth-order valence-electron chi connectivity index (χ4n) is 3.50. The zero-order valence-corrected chi connectivity index (χ0v) is 18.7. The third-order valence-electron chi connectivity index (χ3n) is 5.14. The highest BCUT2D eigenvalue weighted by Crippen LogP contribution is 2.40. The molecule has 0 spiro atoms. The summed E-state index contributed by atoms with van der Waals surface area (Å²) >= 11 is 0. The normalized spacial score (nSPS) is 22.2. The van der Waals surface area contributed by atoms with Crippen LogP contribution in [0.2, 0.25) is 0 Å². The van der Waals surface area contributed by atoms with Crippen molar-refractivity contribution in [3.8, 4) is 0 Å². The first-order valence-electron chi connectivity index (χ1n) is 10.9. The van der Waals surface area contributed by atoms with Crippen molar-refractivity contribution >= 4 is 11.8 Å². The lowest BCUT2D eigenvalue weighted by molar-refractivity contribution is 0.461. The number of nitrogens with zero attached hydrogens (tertiary/aromatic N) is 1. The lowest BCUT2D eigenvalue weighted by atomic mass is 9.79. The predicted octanol–water partition coefficient (Wildman–Crippen LogP) is 8.23. The summed E-state index contributed by atoms with van der Waals surface area (Å²) < 4.78 is 0. The smallest absolute Gasteiger partial charge is 0.0931 e.